The second-order valence-electron chi connectivity index (χ2n) is 3.86. The summed E-state index contributed by atoms with van der Waals surface area (Å²) < 4.78 is 2.20. The second kappa shape index (κ2) is 3.86. The minimum Gasteiger partial charge on any atom is -0.283 e. The number of fused-ring (bicyclic) bond motifs is 3. The molecule has 0 amide bonds. The summed E-state index contributed by atoms with van der Waals surface area (Å²) in [5.41, 5.74) is 3.40. The van der Waals surface area contributed by atoms with Crippen LogP contribution in [0, 0.1) is 6.92 Å². The number of hydrogen-bond acceptors (Lipinski definition) is 2. The number of benzene rings is 1. The first-order valence-corrected chi connectivity index (χ1v) is 6.28. The Morgan fingerprint density at radius 3 is 3.00 bits per heavy atom. The molecule has 3 heteroatoms. The molecule has 0 aliphatic rings. The van der Waals surface area contributed by atoms with E-state index in [0.29, 0.717) is 0 Å². The van der Waals surface area contributed by atoms with Gasteiger partial charge < -0.3 is 0 Å². The number of rotatable bonds is 2. The number of hydrogen-bond donors (Lipinski definition) is 0. The number of aromatic nitrogens is 2. The van der Waals surface area contributed by atoms with Crippen molar-refractivity contribution in [2.45, 2.75) is 6.92 Å². The zero-order valence-corrected chi connectivity index (χ0v) is 10.4. The average Bonchev–Trinajstić information content (AvgIpc) is 2.82. The highest BCUT2D eigenvalue weighted by Gasteiger charge is 2.11. The first-order valence-electron chi connectivity index (χ1n) is 5.47. The van der Waals surface area contributed by atoms with E-state index in [9.17, 15) is 0 Å². The molecule has 0 fully saturated rings. The fourth-order valence-corrected chi connectivity index (χ4v) is 2.97. The van der Waals surface area contributed by atoms with Gasteiger partial charge in [0.2, 0.25) is 0 Å². The summed E-state index contributed by atoms with van der Waals surface area (Å²) in [5, 5.41) is 0. The lowest BCUT2D eigenvalue weighted by Gasteiger charge is -1.95. The van der Waals surface area contributed by atoms with Crippen LogP contribution >= 0.6 is 11.3 Å². The van der Waals surface area contributed by atoms with Crippen LogP contribution < -0.4 is 0 Å². The third-order valence-corrected chi connectivity index (χ3v) is 3.74. The molecule has 0 saturated carbocycles. The molecule has 0 radical (unpaired) electrons. The zero-order valence-electron chi connectivity index (χ0n) is 9.55. The maximum Gasteiger partial charge on any atom is 0.195 e. The number of nitrogens with zero attached hydrogens (tertiary/aromatic N) is 2. The van der Waals surface area contributed by atoms with E-state index in [2.05, 4.69) is 35.0 Å². The predicted molar refractivity (Wildman–Crippen MR) is 74.5 cm³/mol. The molecule has 0 saturated heterocycles. The van der Waals surface area contributed by atoms with E-state index in [0.717, 1.165) is 16.0 Å². The van der Waals surface area contributed by atoms with Gasteiger partial charge in [-0.25, -0.2) is 4.98 Å². The summed E-state index contributed by atoms with van der Waals surface area (Å²) in [7, 11) is 0. The Balaban J connectivity index is 2.42. The molecule has 3 rings (SSSR count). The molecule has 0 aliphatic heterocycles. The van der Waals surface area contributed by atoms with Crippen LogP contribution in [-0.4, -0.2) is 9.38 Å². The molecule has 2 heterocycles. The highest BCUT2D eigenvalue weighted by molar-refractivity contribution is 7.17. The Morgan fingerprint density at radius 2 is 2.18 bits per heavy atom. The number of para-hydroxylation sites is 2. The van der Waals surface area contributed by atoms with E-state index in [-0.39, 0.29) is 0 Å². The van der Waals surface area contributed by atoms with Gasteiger partial charge in [0.05, 0.1) is 16.7 Å². The SMILES string of the molecule is C=C/C=C\c1c(C)sc2nc3ccccc3n12. The van der Waals surface area contributed by atoms with Gasteiger partial charge in [-0.3, -0.25) is 4.40 Å². The molecule has 0 bridgehead atoms. The molecule has 84 valence electrons. The third kappa shape index (κ3) is 1.51. The van der Waals surface area contributed by atoms with Gasteiger partial charge in [-0.2, -0.15) is 0 Å². The van der Waals surface area contributed by atoms with Crippen molar-refractivity contribution in [2.75, 3.05) is 0 Å². The van der Waals surface area contributed by atoms with Crippen LogP contribution in [0.25, 0.3) is 22.1 Å². The minimum absolute atomic E-state index is 1.05. The van der Waals surface area contributed by atoms with Crippen LogP contribution in [-0.2, 0) is 0 Å². The Labute approximate surface area is 104 Å². The number of imidazole rings is 1. The molecule has 0 atom stereocenters. The normalized spacial score (nSPS) is 11.8. The molecular weight excluding hydrogens is 228 g/mol. The first kappa shape index (κ1) is 10.3. The van der Waals surface area contributed by atoms with Crippen molar-refractivity contribution in [1.29, 1.82) is 0 Å². The van der Waals surface area contributed by atoms with E-state index in [1.54, 1.807) is 17.4 Å². The van der Waals surface area contributed by atoms with Gasteiger partial charge in [0.15, 0.2) is 4.96 Å². The summed E-state index contributed by atoms with van der Waals surface area (Å²) >= 11 is 1.72. The molecule has 2 aromatic heterocycles. The molecule has 1 aromatic carbocycles. The minimum atomic E-state index is 1.05. The van der Waals surface area contributed by atoms with Crippen molar-refractivity contribution in [2.24, 2.45) is 0 Å². The average molecular weight is 240 g/mol. The van der Waals surface area contributed by atoms with E-state index >= 15 is 0 Å². The lowest BCUT2D eigenvalue weighted by molar-refractivity contribution is 1.23. The topological polar surface area (TPSA) is 17.3 Å². The van der Waals surface area contributed by atoms with Gasteiger partial charge in [-0.1, -0.05) is 30.9 Å². The quantitative estimate of drug-likeness (QED) is 0.617. The summed E-state index contributed by atoms with van der Waals surface area (Å²) in [5.74, 6) is 0. The van der Waals surface area contributed by atoms with E-state index < -0.39 is 0 Å². The number of allylic oxidation sites excluding steroid dienone is 2. The summed E-state index contributed by atoms with van der Waals surface area (Å²) in [6.07, 6.45) is 5.84. The van der Waals surface area contributed by atoms with Gasteiger partial charge >= 0.3 is 0 Å². The first-order chi connectivity index (χ1) is 8.31. The van der Waals surface area contributed by atoms with Gasteiger partial charge in [-0.05, 0) is 25.1 Å². The standard InChI is InChI=1S/C14H12N2S/c1-3-4-8-12-10(2)17-14-15-11-7-5-6-9-13(11)16(12)14/h3-9H,1H2,2H3/b8-4-. The smallest absolute Gasteiger partial charge is 0.195 e. The second-order valence-corrected chi connectivity index (χ2v) is 5.04. The third-order valence-electron chi connectivity index (χ3n) is 2.77. The van der Waals surface area contributed by atoms with Gasteiger partial charge in [0.25, 0.3) is 0 Å². The highest BCUT2D eigenvalue weighted by Crippen LogP contribution is 2.28. The van der Waals surface area contributed by atoms with Crippen LogP contribution in [0.5, 0.6) is 0 Å². The van der Waals surface area contributed by atoms with Gasteiger partial charge in [0, 0.05) is 4.88 Å². The fraction of sp³-hybridized carbons (Fsp3) is 0.0714. The molecule has 0 spiro atoms. The van der Waals surface area contributed by atoms with Gasteiger partial charge in [0.1, 0.15) is 0 Å². The molecule has 3 aromatic rings. The maximum atomic E-state index is 4.63. The van der Waals surface area contributed by atoms with Crippen molar-refractivity contribution in [3.05, 3.63) is 53.6 Å². The van der Waals surface area contributed by atoms with Gasteiger partial charge in [-0.15, -0.1) is 11.3 Å². The molecule has 0 unspecified atom stereocenters. The van der Waals surface area contributed by atoms with Crippen LogP contribution in [0.1, 0.15) is 10.6 Å². The van der Waals surface area contributed by atoms with Crippen molar-refractivity contribution >= 4 is 33.4 Å². The predicted octanol–water partition coefficient (Wildman–Crippen LogP) is 4.06. The lowest BCUT2D eigenvalue weighted by atomic mass is 10.3. The van der Waals surface area contributed by atoms with Crippen LogP contribution in [0.3, 0.4) is 0 Å². The van der Waals surface area contributed by atoms with Crippen LogP contribution in [0.4, 0.5) is 0 Å². The highest BCUT2D eigenvalue weighted by atomic mass is 32.1. The van der Waals surface area contributed by atoms with E-state index in [1.807, 2.05) is 24.3 Å². The van der Waals surface area contributed by atoms with Crippen molar-refractivity contribution < 1.29 is 0 Å². The summed E-state index contributed by atoms with van der Waals surface area (Å²) in [6.45, 7) is 5.83. The zero-order chi connectivity index (χ0) is 11.8. The summed E-state index contributed by atoms with van der Waals surface area (Å²) in [6, 6.07) is 8.22. The lowest BCUT2D eigenvalue weighted by Crippen LogP contribution is -1.85. The molecular formula is C14H12N2S. The van der Waals surface area contributed by atoms with E-state index in [1.165, 1.54) is 10.6 Å². The number of thiazole rings is 1. The number of aryl methyl sites for hydroxylation is 1. The molecule has 0 N–H and O–H groups in total. The molecule has 0 aliphatic carbocycles. The summed E-state index contributed by atoms with van der Waals surface area (Å²) in [4.78, 5) is 6.95. The Kier molecular flexibility index (Phi) is 2.34. The van der Waals surface area contributed by atoms with Crippen LogP contribution in [0.2, 0.25) is 0 Å². The van der Waals surface area contributed by atoms with E-state index in [4.69, 9.17) is 0 Å². The molecule has 17 heavy (non-hydrogen) atoms. The van der Waals surface area contributed by atoms with Crippen LogP contribution in [0.15, 0.2) is 43.0 Å². The Morgan fingerprint density at radius 1 is 1.35 bits per heavy atom. The maximum absolute atomic E-state index is 4.63. The fourth-order valence-electron chi connectivity index (χ4n) is 2.00. The largest absolute Gasteiger partial charge is 0.283 e. The van der Waals surface area contributed by atoms with Crippen molar-refractivity contribution in [1.82, 2.24) is 9.38 Å². The van der Waals surface area contributed by atoms with Crippen molar-refractivity contribution in [3.8, 4) is 0 Å². The van der Waals surface area contributed by atoms with Crippen molar-refractivity contribution in [3.63, 3.8) is 0 Å². The Hall–Kier alpha value is -1.87. The monoisotopic (exact) mass is 240 g/mol. The molecule has 2 nitrogen and oxygen atoms in total. The Bertz CT molecular complexity index is 731.